The quantitative estimate of drug-likeness (QED) is 0.912. The van der Waals surface area contributed by atoms with Crippen LogP contribution in [0.2, 0.25) is 5.02 Å². The lowest BCUT2D eigenvalue weighted by Crippen LogP contribution is -2.17. The fourth-order valence-corrected chi connectivity index (χ4v) is 2.43. The highest BCUT2D eigenvalue weighted by Crippen LogP contribution is 2.28. The summed E-state index contributed by atoms with van der Waals surface area (Å²) < 4.78 is 5.39. The Balaban J connectivity index is 2.42. The predicted molar refractivity (Wildman–Crippen MR) is 80.1 cm³/mol. The number of hydrogen-bond acceptors (Lipinski definition) is 2. The molecule has 3 heteroatoms. The number of halogens is 1. The highest BCUT2D eigenvalue weighted by atomic mass is 35.5. The predicted octanol–water partition coefficient (Wildman–Crippen LogP) is 3.97. The lowest BCUT2D eigenvalue weighted by molar-refractivity contribution is 0.410. The molecule has 0 fully saturated rings. The molecule has 0 spiro atoms. The fourth-order valence-electron chi connectivity index (χ4n) is 2.23. The molecule has 2 rings (SSSR count). The first kappa shape index (κ1) is 13.9. The molecule has 0 bridgehead atoms. The summed E-state index contributed by atoms with van der Waals surface area (Å²) in [6.45, 7) is 2.04. The van der Waals surface area contributed by atoms with Gasteiger partial charge in [-0.2, -0.15) is 0 Å². The number of hydrogen-bond donors (Lipinski definition) is 1. The number of nitrogens with one attached hydrogen (secondary N) is 1. The van der Waals surface area contributed by atoms with Gasteiger partial charge in [0.2, 0.25) is 0 Å². The lowest BCUT2D eigenvalue weighted by Gasteiger charge is -2.19. The van der Waals surface area contributed by atoms with Crippen LogP contribution >= 0.6 is 11.6 Å². The van der Waals surface area contributed by atoms with Crippen molar-refractivity contribution in [1.82, 2.24) is 5.32 Å². The first-order valence-corrected chi connectivity index (χ1v) is 6.60. The van der Waals surface area contributed by atoms with E-state index >= 15 is 0 Å². The Morgan fingerprint density at radius 3 is 2.47 bits per heavy atom. The number of methoxy groups -OCH3 is 1. The number of ether oxygens (including phenoxy) is 1. The zero-order chi connectivity index (χ0) is 13.8. The van der Waals surface area contributed by atoms with Crippen LogP contribution in [0.3, 0.4) is 0 Å². The van der Waals surface area contributed by atoms with E-state index in [9.17, 15) is 0 Å². The summed E-state index contributed by atoms with van der Waals surface area (Å²) in [5.74, 6) is 0.903. The fraction of sp³-hybridized carbons (Fsp3) is 0.250. The van der Waals surface area contributed by atoms with Crippen molar-refractivity contribution in [2.45, 2.75) is 13.0 Å². The molecule has 100 valence electrons. The third-order valence-corrected chi connectivity index (χ3v) is 3.47. The second kappa shape index (κ2) is 6.09. The van der Waals surface area contributed by atoms with Crippen molar-refractivity contribution in [2.75, 3.05) is 14.2 Å². The Kier molecular flexibility index (Phi) is 4.46. The van der Waals surface area contributed by atoms with Gasteiger partial charge < -0.3 is 10.1 Å². The van der Waals surface area contributed by atoms with Crippen LogP contribution in [-0.2, 0) is 0 Å². The maximum absolute atomic E-state index is 6.06. The zero-order valence-electron chi connectivity index (χ0n) is 11.4. The van der Waals surface area contributed by atoms with E-state index in [1.807, 2.05) is 32.2 Å². The van der Waals surface area contributed by atoms with Gasteiger partial charge in [0.25, 0.3) is 0 Å². The molecule has 0 aliphatic rings. The third kappa shape index (κ3) is 3.09. The minimum atomic E-state index is 0.105. The van der Waals surface area contributed by atoms with Crippen LogP contribution in [0.15, 0.2) is 42.5 Å². The van der Waals surface area contributed by atoms with Crippen LogP contribution < -0.4 is 10.1 Å². The van der Waals surface area contributed by atoms with Crippen LogP contribution in [0.5, 0.6) is 5.75 Å². The van der Waals surface area contributed by atoms with Crippen molar-refractivity contribution in [2.24, 2.45) is 0 Å². The Morgan fingerprint density at radius 2 is 1.84 bits per heavy atom. The third-order valence-electron chi connectivity index (χ3n) is 3.24. The van der Waals surface area contributed by atoms with Crippen molar-refractivity contribution >= 4 is 11.6 Å². The Labute approximate surface area is 119 Å². The Morgan fingerprint density at radius 1 is 1.11 bits per heavy atom. The van der Waals surface area contributed by atoms with E-state index in [2.05, 4.69) is 29.6 Å². The van der Waals surface area contributed by atoms with Crippen LogP contribution in [-0.4, -0.2) is 14.2 Å². The molecule has 0 heterocycles. The molecular formula is C16H18ClNO. The normalized spacial score (nSPS) is 12.2. The standard InChI is InChI=1S/C16H18ClNO/c1-11-7-8-13(10-15(11)19-3)16(18-2)12-5-4-6-14(17)9-12/h4-10,16,18H,1-3H3. The van der Waals surface area contributed by atoms with Gasteiger partial charge in [0.1, 0.15) is 5.75 Å². The SMILES string of the molecule is CNC(c1cccc(Cl)c1)c1ccc(C)c(OC)c1. The summed E-state index contributed by atoms with van der Waals surface area (Å²) in [7, 11) is 3.64. The topological polar surface area (TPSA) is 21.3 Å². The summed E-state index contributed by atoms with van der Waals surface area (Å²) in [6.07, 6.45) is 0. The number of benzene rings is 2. The molecule has 0 saturated heterocycles. The molecule has 0 aliphatic heterocycles. The van der Waals surface area contributed by atoms with Gasteiger partial charge in [-0.05, 0) is 48.9 Å². The maximum Gasteiger partial charge on any atom is 0.122 e. The van der Waals surface area contributed by atoms with E-state index in [0.29, 0.717) is 0 Å². The van der Waals surface area contributed by atoms with Gasteiger partial charge in [-0.25, -0.2) is 0 Å². The van der Waals surface area contributed by atoms with Gasteiger partial charge in [-0.1, -0.05) is 35.9 Å². The summed E-state index contributed by atoms with van der Waals surface area (Å²) >= 11 is 6.06. The van der Waals surface area contributed by atoms with Crippen molar-refractivity contribution in [3.05, 3.63) is 64.2 Å². The second-order valence-corrected chi connectivity index (χ2v) is 4.94. The molecule has 0 radical (unpaired) electrons. The van der Waals surface area contributed by atoms with Crippen molar-refractivity contribution in [3.63, 3.8) is 0 Å². The van der Waals surface area contributed by atoms with E-state index in [0.717, 1.165) is 27.5 Å². The summed E-state index contributed by atoms with van der Waals surface area (Å²) in [6, 6.07) is 14.3. The number of aryl methyl sites for hydroxylation is 1. The van der Waals surface area contributed by atoms with Crippen molar-refractivity contribution < 1.29 is 4.74 Å². The molecule has 2 aromatic carbocycles. The highest BCUT2D eigenvalue weighted by molar-refractivity contribution is 6.30. The van der Waals surface area contributed by atoms with Crippen molar-refractivity contribution in [3.8, 4) is 5.75 Å². The minimum Gasteiger partial charge on any atom is -0.496 e. The molecular weight excluding hydrogens is 258 g/mol. The minimum absolute atomic E-state index is 0.105. The van der Waals surface area contributed by atoms with Crippen molar-refractivity contribution in [1.29, 1.82) is 0 Å². The zero-order valence-corrected chi connectivity index (χ0v) is 12.2. The summed E-state index contributed by atoms with van der Waals surface area (Å²) in [5.41, 5.74) is 3.43. The van der Waals surface area contributed by atoms with Gasteiger partial charge >= 0.3 is 0 Å². The van der Waals surface area contributed by atoms with Gasteiger partial charge in [-0.3, -0.25) is 0 Å². The Hall–Kier alpha value is -1.51. The maximum atomic E-state index is 6.06. The van der Waals surface area contributed by atoms with E-state index in [1.54, 1.807) is 7.11 Å². The molecule has 1 N–H and O–H groups in total. The number of rotatable bonds is 4. The van der Waals surface area contributed by atoms with Gasteiger partial charge in [0.05, 0.1) is 13.2 Å². The average Bonchev–Trinajstić information content (AvgIpc) is 2.41. The first-order valence-electron chi connectivity index (χ1n) is 6.23. The smallest absolute Gasteiger partial charge is 0.122 e. The summed E-state index contributed by atoms with van der Waals surface area (Å²) in [4.78, 5) is 0. The molecule has 0 aromatic heterocycles. The van der Waals surface area contributed by atoms with E-state index < -0.39 is 0 Å². The second-order valence-electron chi connectivity index (χ2n) is 4.51. The van der Waals surface area contributed by atoms with E-state index in [1.165, 1.54) is 0 Å². The van der Waals surface area contributed by atoms with Crippen LogP contribution in [0.4, 0.5) is 0 Å². The first-order chi connectivity index (χ1) is 9.15. The highest BCUT2D eigenvalue weighted by Gasteiger charge is 2.13. The van der Waals surface area contributed by atoms with E-state index in [-0.39, 0.29) is 6.04 Å². The Bertz CT molecular complexity index is 568. The molecule has 19 heavy (non-hydrogen) atoms. The summed E-state index contributed by atoms with van der Waals surface area (Å²) in [5, 5.41) is 4.07. The van der Waals surface area contributed by atoms with Gasteiger partial charge in [-0.15, -0.1) is 0 Å². The van der Waals surface area contributed by atoms with Crippen LogP contribution in [0.25, 0.3) is 0 Å². The molecule has 1 atom stereocenters. The van der Waals surface area contributed by atoms with Crippen LogP contribution in [0.1, 0.15) is 22.7 Å². The molecule has 2 nitrogen and oxygen atoms in total. The monoisotopic (exact) mass is 275 g/mol. The molecule has 1 unspecified atom stereocenters. The molecule has 0 aliphatic carbocycles. The van der Waals surface area contributed by atoms with E-state index in [4.69, 9.17) is 16.3 Å². The van der Waals surface area contributed by atoms with Crippen LogP contribution in [0, 0.1) is 6.92 Å². The van der Waals surface area contributed by atoms with Gasteiger partial charge in [0.15, 0.2) is 0 Å². The average molecular weight is 276 g/mol. The molecule has 2 aromatic rings. The molecule has 0 saturated carbocycles. The molecule has 0 amide bonds. The lowest BCUT2D eigenvalue weighted by atomic mass is 9.97. The largest absolute Gasteiger partial charge is 0.496 e. The van der Waals surface area contributed by atoms with Gasteiger partial charge in [0, 0.05) is 5.02 Å².